The fourth-order valence-corrected chi connectivity index (χ4v) is 2.67. The maximum absolute atomic E-state index is 11.1. The van der Waals surface area contributed by atoms with Crippen LogP contribution >= 0.6 is 11.8 Å². The molecule has 1 aliphatic carbocycles. The van der Waals surface area contributed by atoms with Crippen LogP contribution in [0.2, 0.25) is 0 Å². The van der Waals surface area contributed by atoms with E-state index in [-0.39, 0.29) is 0 Å². The fourth-order valence-electron chi connectivity index (χ4n) is 1.52. The topological polar surface area (TPSA) is 17.1 Å². The van der Waals surface area contributed by atoms with Gasteiger partial charge in [0.15, 0.2) is 0 Å². The van der Waals surface area contributed by atoms with Crippen LogP contribution in [0.3, 0.4) is 0 Å². The molecule has 0 aromatic rings. The largest absolute Gasteiger partial charge is 0.300 e. The summed E-state index contributed by atoms with van der Waals surface area (Å²) in [5, 5.41) is 0.546. The molecule has 68 valence electrons. The Balaban J connectivity index is 2.37. The Morgan fingerprint density at radius 2 is 2.50 bits per heavy atom. The van der Waals surface area contributed by atoms with Crippen molar-refractivity contribution in [1.29, 1.82) is 0 Å². The summed E-state index contributed by atoms with van der Waals surface area (Å²) in [6.45, 7) is 5.93. The average molecular weight is 184 g/mol. The minimum Gasteiger partial charge on any atom is -0.300 e. The highest BCUT2D eigenvalue weighted by atomic mass is 32.2. The monoisotopic (exact) mass is 184 g/mol. The first kappa shape index (κ1) is 9.85. The van der Waals surface area contributed by atoms with Crippen LogP contribution in [-0.2, 0) is 4.79 Å². The Morgan fingerprint density at radius 3 is 3.17 bits per heavy atom. The zero-order valence-electron chi connectivity index (χ0n) is 7.58. The standard InChI is InChI=1S/C10H16OS/c1-3-6-12-10-7-9(11)5-4-8(10)2/h3,8,10H,1,4-7H2,2H3. The van der Waals surface area contributed by atoms with E-state index in [1.165, 1.54) is 0 Å². The molecule has 1 nitrogen and oxygen atoms in total. The summed E-state index contributed by atoms with van der Waals surface area (Å²) in [4.78, 5) is 11.1. The van der Waals surface area contributed by atoms with E-state index in [1.54, 1.807) is 0 Å². The van der Waals surface area contributed by atoms with Crippen LogP contribution in [0.1, 0.15) is 26.2 Å². The van der Waals surface area contributed by atoms with E-state index in [9.17, 15) is 4.79 Å². The maximum Gasteiger partial charge on any atom is 0.134 e. The van der Waals surface area contributed by atoms with Crippen LogP contribution in [-0.4, -0.2) is 16.8 Å². The van der Waals surface area contributed by atoms with Crippen molar-refractivity contribution in [3.63, 3.8) is 0 Å². The summed E-state index contributed by atoms with van der Waals surface area (Å²) in [5.41, 5.74) is 0. The second kappa shape index (κ2) is 4.70. The van der Waals surface area contributed by atoms with E-state index in [0.29, 0.717) is 17.0 Å². The smallest absolute Gasteiger partial charge is 0.134 e. The molecule has 12 heavy (non-hydrogen) atoms. The first-order valence-electron chi connectivity index (χ1n) is 4.48. The van der Waals surface area contributed by atoms with Crippen molar-refractivity contribution in [3.8, 4) is 0 Å². The molecule has 2 unspecified atom stereocenters. The van der Waals surface area contributed by atoms with Gasteiger partial charge in [-0.2, -0.15) is 11.8 Å². The SMILES string of the molecule is C=CCSC1CC(=O)CCC1C. The quantitative estimate of drug-likeness (QED) is 0.627. The molecule has 2 atom stereocenters. The molecule has 0 aromatic heterocycles. The normalized spacial score (nSPS) is 30.2. The first-order chi connectivity index (χ1) is 5.74. The minimum atomic E-state index is 0.440. The van der Waals surface area contributed by atoms with E-state index < -0.39 is 0 Å². The molecule has 1 aliphatic rings. The van der Waals surface area contributed by atoms with E-state index in [2.05, 4.69) is 13.5 Å². The molecule has 0 aromatic carbocycles. The Hall–Kier alpha value is -0.240. The molecule has 1 rings (SSSR count). The Labute approximate surface area is 78.6 Å². The van der Waals surface area contributed by atoms with Crippen LogP contribution in [0.25, 0.3) is 0 Å². The van der Waals surface area contributed by atoms with E-state index in [0.717, 1.165) is 25.0 Å². The molecule has 0 N–H and O–H groups in total. The van der Waals surface area contributed by atoms with E-state index >= 15 is 0 Å². The Bertz CT molecular complexity index is 177. The van der Waals surface area contributed by atoms with Gasteiger partial charge in [0, 0.05) is 23.8 Å². The van der Waals surface area contributed by atoms with Crippen molar-refractivity contribution in [3.05, 3.63) is 12.7 Å². The van der Waals surface area contributed by atoms with Crippen LogP contribution in [0.4, 0.5) is 0 Å². The van der Waals surface area contributed by atoms with Gasteiger partial charge in [-0.25, -0.2) is 0 Å². The zero-order valence-corrected chi connectivity index (χ0v) is 8.40. The predicted molar refractivity (Wildman–Crippen MR) is 54.5 cm³/mol. The van der Waals surface area contributed by atoms with Crippen molar-refractivity contribution >= 4 is 17.5 Å². The molecule has 0 spiro atoms. The van der Waals surface area contributed by atoms with Gasteiger partial charge in [0.05, 0.1) is 0 Å². The van der Waals surface area contributed by atoms with Crippen molar-refractivity contribution in [1.82, 2.24) is 0 Å². The molecule has 1 saturated carbocycles. The maximum atomic E-state index is 11.1. The number of carbonyl (C=O) groups is 1. The number of carbonyl (C=O) groups excluding carboxylic acids is 1. The van der Waals surface area contributed by atoms with Gasteiger partial charge >= 0.3 is 0 Å². The summed E-state index contributed by atoms with van der Waals surface area (Å²) in [6.07, 6.45) is 4.57. The van der Waals surface area contributed by atoms with Crippen LogP contribution in [0, 0.1) is 5.92 Å². The van der Waals surface area contributed by atoms with Crippen molar-refractivity contribution in [2.75, 3.05) is 5.75 Å². The number of ketones is 1. The first-order valence-corrected chi connectivity index (χ1v) is 5.53. The van der Waals surface area contributed by atoms with Gasteiger partial charge in [0.25, 0.3) is 0 Å². The number of hydrogen-bond donors (Lipinski definition) is 0. The molecule has 0 amide bonds. The summed E-state index contributed by atoms with van der Waals surface area (Å²) >= 11 is 1.87. The van der Waals surface area contributed by atoms with Gasteiger partial charge in [0.2, 0.25) is 0 Å². The summed E-state index contributed by atoms with van der Waals surface area (Å²) in [5.74, 6) is 2.12. The van der Waals surface area contributed by atoms with Gasteiger partial charge < -0.3 is 0 Å². The molecule has 2 heteroatoms. The third kappa shape index (κ3) is 2.67. The lowest BCUT2D eigenvalue weighted by Gasteiger charge is -2.26. The molecule has 0 saturated heterocycles. The minimum absolute atomic E-state index is 0.440. The van der Waals surface area contributed by atoms with Gasteiger partial charge in [-0.3, -0.25) is 4.79 Å². The molecule has 1 fully saturated rings. The van der Waals surface area contributed by atoms with Crippen molar-refractivity contribution in [2.45, 2.75) is 31.4 Å². The molecular formula is C10H16OS. The molecular weight excluding hydrogens is 168 g/mol. The Morgan fingerprint density at radius 1 is 1.75 bits per heavy atom. The van der Waals surface area contributed by atoms with Crippen LogP contribution in [0.5, 0.6) is 0 Å². The predicted octanol–water partition coefficient (Wildman–Crippen LogP) is 2.66. The average Bonchev–Trinajstić information content (AvgIpc) is 2.07. The number of hydrogen-bond acceptors (Lipinski definition) is 2. The van der Waals surface area contributed by atoms with Crippen LogP contribution in [0.15, 0.2) is 12.7 Å². The van der Waals surface area contributed by atoms with Crippen molar-refractivity contribution in [2.24, 2.45) is 5.92 Å². The lowest BCUT2D eigenvalue weighted by molar-refractivity contribution is -0.120. The Kier molecular flexibility index (Phi) is 3.86. The summed E-state index contributed by atoms with van der Waals surface area (Å²) in [7, 11) is 0. The third-order valence-electron chi connectivity index (χ3n) is 2.37. The molecule has 0 aliphatic heterocycles. The third-order valence-corrected chi connectivity index (χ3v) is 3.86. The second-order valence-corrected chi connectivity index (χ2v) is 4.69. The summed E-state index contributed by atoms with van der Waals surface area (Å²) < 4.78 is 0. The zero-order chi connectivity index (χ0) is 8.97. The lowest BCUT2D eigenvalue weighted by atomic mass is 9.89. The molecule has 0 radical (unpaired) electrons. The van der Waals surface area contributed by atoms with E-state index in [4.69, 9.17) is 0 Å². The van der Waals surface area contributed by atoms with Crippen molar-refractivity contribution < 1.29 is 4.79 Å². The van der Waals surface area contributed by atoms with Gasteiger partial charge in [-0.05, 0) is 12.3 Å². The fraction of sp³-hybridized carbons (Fsp3) is 0.700. The second-order valence-electron chi connectivity index (χ2n) is 3.42. The van der Waals surface area contributed by atoms with Gasteiger partial charge in [-0.1, -0.05) is 13.0 Å². The van der Waals surface area contributed by atoms with Gasteiger partial charge in [0.1, 0.15) is 5.78 Å². The van der Waals surface area contributed by atoms with E-state index in [1.807, 2.05) is 17.8 Å². The van der Waals surface area contributed by atoms with Crippen LogP contribution < -0.4 is 0 Å². The number of Topliss-reactive ketones (excluding diaryl/α,β-unsaturated/α-hetero) is 1. The molecule has 0 bridgehead atoms. The number of rotatable bonds is 3. The highest BCUT2D eigenvalue weighted by molar-refractivity contribution is 8.00. The lowest BCUT2D eigenvalue weighted by Crippen LogP contribution is -2.25. The highest BCUT2D eigenvalue weighted by Gasteiger charge is 2.25. The summed E-state index contributed by atoms with van der Waals surface area (Å²) in [6, 6.07) is 0. The molecule has 0 heterocycles. The van der Waals surface area contributed by atoms with Gasteiger partial charge in [-0.15, -0.1) is 6.58 Å². The highest BCUT2D eigenvalue weighted by Crippen LogP contribution is 2.31. The number of thioether (sulfide) groups is 1.